The molecule has 0 N–H and O–H groups in total. The molecular weight excluding hydrogens is 436 g/mol. The van der Waals surface area contributed by atoms with Crippen molar-refractivity contribution < 1.29 is 9.47 Å². The van der Waals surface area contributed by atoms with Crippen molar-refractivity contribution in [2.24, 2.45) is 0 Å². The van der Waals surface area contributed by atoms with Crippen molar-refractivity contribution in [1.82, 2.24) is 19.8 Å². The predicted octanol–water partition coefficient (Wildman–Crippen LogP) is 5.44. The number of aromatic nitrogens is 2. The number of piperidine rings is 2. The molecular formula is C29H40N4O2. The molecule has 1 aromatic carbocycles. The summed E-state index contributed by atoms with van der Waals surface area (Å²) in [6, 6.07) is 6.33. The van der Waals surface area contributed by atoms with Crippen molar-refractivity contribution in [2.75, 3.05) is 52.5 Å². The van der Waals surface area contributed by atoms with Gasteiger partial charge in [0.2, 0.25) is 0 Å². The van der Waals surface area contributed by atoms with Gasteiger partial charge in [-0.3, -0.25) is 19.8 Å². The molecule has 0 radical (unpaired) electrons. The largest absolute Gasteiger partial charge is 0.491 e. The third-order valence-electron chi connectivity index (χ3n) is 7.52. The smallest absolute Gasteiger partial charge is 0.130 e. The lowest BCUT2D eigenvalue weighted by Crippen LogP contribution is -2.33. The van der Waals surface area contributed by atoms with E-state index in [-0.39, 0.29) is 0 Å². The van der Waals surface area contributed by atoms with Gasteiger partial charge in [-0.2, -0.15) is 0 Å². The summed E-state index contributed by atoms with van der Waals surface area (Å²) in [6.07, 6.45) is 7.91. The van der Waals surface area contributed by atoms with E-state index in [1.54, 1.807) is 0 Å². The Morgan fingerprint density at radius 2 is 1.06 bits per heavy atom. The van der Waals surface area contributed by atoms with Gasteiger partial charge in [-0.25, -0.2) is 0 Å². The first-order valence-electron chi connectivity index (χ1n) is 13.5. The number of hydrogen-bond acceptors (Lipinski definition) is 6. The van der Waals surface area contributed by atoms with E-state index >= 15 is 0 Å². The summed E-state index contributed by atoms with van der Waals surface area (Å²) in [5.74, 6) is 1.82. The standard InChI is InChI=1S/C29H40N4O2/c1-21-18-26(34-16-14-32-10-6-4-7-11-32)24-20-25-27(35-17-15-33-12-8-5-9-13-33)19-22(2)31-29(25)23(3)28(24)30-21/h18-20H,4-17H2,1-3H3. The third kappa shape index (κ3) is 5.70. The molecule has 0 spiro atoms. The first kappa shape index (κ1) is 24.3. The zero-order valence-corrected chi connectivity index (χ0v) is 21.7. The van der Waals surface area contributed by atoms with Crippen molar-refractivity contribution in [3.8, 4) is 11.5 Å². The van der Waals surface area contributed by atoms with E-state index in [0.717, 1.165) is 63.3 Å². The van der Waals surface area contributed by atoms with Gasteiger partial charge < -0.3 is 9.47 Å². The van der Waals surface area contributed by atoms with Crippen molar-refractivity contribution in [3.05, 3.63) is 35.2 Å². The molecule has 2 fully saturated rings. The van der Waals surface area contributed by atoms with E-state index in [4.69, 9.17) is 19.4 Å². The molecule has 188 valence electrons. The zero-order valence-electron chi connectivity index (χ0n) is 21.7. The van der Waals surface area contributed by atoms with Crippen LogP contribution in [0.4, 0.5) is 0 Å². The monoisotopic (exact) mass is 476 g/mol. The highest BCUT2D eigenvalue weighted by Gasteiger charge is 2.17. The Morgan fingerprint density at radius 1 is 0.629 bits per heavy atom. The van der Waals surface area contributed by atoms with Gasteiger partial charge in [-0.05, 0) is 78.7 Å². The van der Waals surface area contributed by atoms with Gasteiger partial charge in [0, 0.05) is 52.9 Å². The summed E-state index contributed by atoms with van der Waals surface area (Å²) < 4.78 is 12.8. The first-order chi connectivity index (χ1) is 17.1. The van der Waals surface area contributed by atoms with E-state index in [1.807, 2.05) is 13.8 Å². The van der Waals surface area contributed by atoms with Crippen LogP contribution >= 0.6 is 0 Å². The Labute approximate surface area is 209 Å². The molecule has 4 heterocycles. The van der Waals surface area contributed by atoms with Crippen LogP contribution in [0.1, 0.15) is 55.5 Å². The summed E-state index contributed by atoms with van der Waals surface area (Å²) >= 11 is 0. The van der Waals surface area contributed by atoms with E-state index in [2.05, 4.69) is 34.9 Å². The lowest BCUT2D eigenvalue weighted by Gasteiger charge is -2.26. The molecule has 3 aromatic rings. The van der Waals surface area contributed by atoms with Crippen LogP contribution in [0.2, 0.25) is 0 Å². The number of hydrogen-bond donors (Lipinski definition) is 0. The van der Waals surface area contributed by atoms with Crippen molar-refractivity contribution >= 4 is 21.8 Å². The topological polar surface area (TPSA) is 50.7 Å². The molecule has 0 atom stereocenters. The minimum absolute atomic E-state index is 0.695. The van der Waals surface area contributed by atoms with Gasteiger partial charge in [0.25, 0.3) is 0 Å². The van der Waals surface area contributed by atoms with Gasteiger partial charge in [0.05, 0.1) is 11.0 Å². The fourth-order valence-corrected chi connectivity index (χ4v) is 5.59. The lowest BCUT2D eigenvalue weighted by atomic mass is 10.0. The molecule has 0 saturated carbocycles. The molecule has 6 heteroatoms. The summed E-state index contributed by atoms with van der Waals surface area (Å²) in [5, 5.41) is 2.09. The molecule has 0 aliphatic carbocycles. The zero-order chi connectivity index (χ0) is 24.2. The van der Waals surface area contributed by atoms with Crippen LogP contribution in [0.25, 0.3) is 21.8 Å². The van der Waals surface area contributed by atoms with E-state index in [0.29, 0.717) is 13.2 Å². The van der Waals surface area contributed by atoms with E-state index in [1.165, 1.54) is 64.7 Å². The second-order valence-corrected chi connectivity index (χ2v) is 10.3. The summed E-state index contributed by atoms with van der Waals surface area (Å²) in [7, 11) is 0. The Balaban J connectivity index is 1.42. The maximum Gasteiger partial charge on any atom is 0.130 e. The molecule has 5 rings (SSSR count). The SMILES string of the molecule is Cc1cc(OCCN2CCCCC2)c2cc3c(OCCN4CCCCC4)cc(C)nc3c(C)c2n1. The van der Waals surface area contributed by atoms with Crippen molar-refractivity contribution in [1.29, 1.82) is 0 Å². The maximum atomic E-state index is 6.38. The molecule has 0 unspecified atom stereocenters. The molecule has 2 saturated heterocycles. The summed E-state index contributed by atoms with van der Waals surface area (Å²) in [4.78, 5) is 14.8. The second kappa shape index (κ2) is 11.1. The molecule has 2 aliphatic rings. The molecule has 6 nitrogen and oxygen atoms in total. The predicted molar refractivity (Wildman–Crippen MR) is 143 cm³/mol. The fraction of sp³-hybridized carbons (Fsp3) is 0.586. The number of pyridine rings is 2. The van der Waals surface area contributed by atoms with Crippen LogP contribution in [0, 0.1) is 20.8 Å². The van der Waals surface area contributed by atoms with Gasteiger partial charge in [-0.1, -0.05) is 12.8 Å². The van der Waals surface area contributed by atoms with Gasteiger partial charge in [0.15, 0.2) is 0 Å². The van der Waals surface area contributed by atoms with E-state index < -0.39 is 0 Å². The minimum Gasteiger partial charge on any atom is -0.491 e. The lowest BCUT2D eigenvalue weighted by molar-refractivity contribution is 0.184. The minimum atomic E-state index is 0.695. The van der Waals surface area contributed by atoms with Crippen LogP contribution in [0.5, 0.6) is 11.5 Å². The maximum absolute atomic E-state index is 6.38. The average molecular weight is 477 g/mol. The highest BCUT2D eigenvalue weighted by atomic mass is 16.5. The summed E-state index contributed by atoms with van der Waals surface area (Å²) in [5.41, 5.74) is 4.98. The number of likely N-dealkylation sites (tertiary alicyclic amines) is 2. The second-order valence-electron chi connectivity index (χ2n) is 10.3. The molecule has 35 heavy (non-hydrogen) atoms. The normalized spacial score (nSPS) is 17.8. The van der Waals surface area contributed by atoms with Crippen molar-refractivity contribution in [3.63, 3.8) is 0 Å². The quantitative estimate of drug-likeness (QED) is 0.404. The fourth-order valence-electron chi connectivity index (χ4n) is 5.59. The van der Waals surface area contributed by atoms with Crippen LogP contribution in [-0.4, -0.2) is 72.3 Å². The molecule has 2 aliphatic heterocycles. The molecule has 0 bridgehead atoms. The highest BCUT2D eigenvalue weighted by molar-refractivity contribution is 6.03. The highest BCUT2D eigenvalue weighted by Crippen LogP contribution is 2.36. The average Bonchev–Trinajstić information content (AvgIpc) is 2.86. The number of fused-ring (bicyclic) bond motifs is 2. The number of rotatable bonds is 8. The van der Waals surface area contributed by atoms with Gasteiger partial charge >= 0.3 is 0 Å². The number of benzene rings is 1. The van der Waals surface area contributed by atoms with Crippen LogP contribution in [-0.2, 0) is 0 Å². The van der Waals surface area contributed by atoms with E-state index in [9.17, 15) is 0 Å². The Morgan fingerprint density at radius 3 is 1.49 bits per heavy atom. The van der Waals surface area contributed by atoms with Crippen LogP contribution in [0.15, 0.2) is 18.2 Å². The number of aryl methyl sites for hydroxylation is 3. The first-order valence-corrected chi connectivity index (χ1v) is 13.5. The summed E-state index contributed by atoms with van der Waals surface area (Å²) in [6.45, 7) is 14.3. The molecule has 0 amide bonds. The van der Waals surface area contributed by atoms with Crippen molar-refractivity contribution in [2.45, 2.75) is 59.3 Å². The van der Waals surface area contributed by atoms with Crippen LogP contribution < -0.4 is 9.47 Å². The number of nitrogens with zero attached hydrogens (tertiary/aromatic N) is 4. The van der Waals surface area contributed by atoms with Gasteiger partial charge in [0.1, 0.15) is 24.7 Å². The Hall–Kier alpha value is -2.44. The Bertz CT molecular complexity index is 1080. The van der Waals surface area contributed by atoms with Crippen LogP contribution in [0.3, 0.4) is 0 Å². The number of ether oxygens (including phenoxy) is 2. The molecule has 2 aromatic heterocycles. The van der Waals surface area contributed by atoms with Gasteiger partial charge in [-0.15, -0.1) is 0 Å². The third-order valence-corrected chi connectivity index (χ3v) is 7.52. The Kier molecular flexibility index (Phi) is 7.69.